The van der Waals surface area contributed by atoms with Gasteiger partial charge in [-0.15, -0.1) is 12.4 Å². The Bertz CT molecular complexity index is 346. The number of aromatic nitrogens is 2. The van der Waals surface area contributed by atoms with E-state index >= 15 is 0 Å². The van der Waals surface area contributed by atoms with Crippen LogP contribution in [-0.2, 0) is 6.54 Å². The van der Waals surface area contributed by atoms with Crippen LogP contribution in [0.4, 0.5) is 0 Å². The summed E-state index contributed by atoms with van der Waals surface area (Å²) < 4.78 is 7.60. The first-order valence-electron chi connectivity index (χ1n) is 6.58. The summed E-state index contributed by atoms with van der Waals surface area (Å²) >= 11 is 0. The smallest absolute Gasteiger partial charge is 0.157 e. The molecule has 5 heteroatoms. The van der Waals surface area contributed by atoms with Crippen LogP contribution in [0.25, 0.3) is 0 Å². The predicted octanol–water partition coefficient (Wildman–Crippen LogP) is 2.61. The second kappa shape index (κ2) is 7.00. The zero-order valence-electron chi connectivity index (χ0n) is 11.2. The maximum Gasteiger partial charge on any atom is 0.157 e. The monoisotopic (exact) mass is 273 g/mol. The Kier molecular flexibility index (Phi) is 5.96. The summed E-state index contributed by atoms with van der Waals surface area (Å²) in [6, 6.07) is 0.420. The molecule has 0 spiro atoms. The van der Waals surface area contributed by atoms with Crippen LogP contribution >= 0.6 is 12.4 Å². The SMILES string of the molecule is CC(C)Oc1cnn(CC2CCC(N)CC2)c1.Cl. The van der Waals surface area contributed by atoms with Gasteiger partial charge in [-0.1, -0.05) is 0 Å². The normalized spacial score (nSPS) is 23.8. The molecule has 0 radical (unpaired) electrons. The number of halogens is 1. The van der Waals surface area contributed by atoms with Crippen molar-refractivity contribution in [3.05, 3.63) is 12.4 Å². The molecule has 2 rings (SSSR count). The van der Waals surface area contributed by atoms with E-state index < -0.39 is 0 Å². The molecule has 1 aliphatic carbocycles. The third-order valence-corrected chi connectivity index (χ3v) is 3.32. The van der Waals surface area contributed by atoms with Crippen LogP contribution < -0.4 is 10.5 Å². The first kappa shape index (κ1) is 15.3. The van der Waals surface area contributed by atoms with Crippen molar-refractivity contribution in [1.82, 2.24) is 9.78 Å². The van der Waals surface area contributed by atoms with Crippen LogP contribution in [0, 0.1) is 5.92 Å². The van der Waals surface area contributed by atoms with Crippen LogP contribution in [0.15, 0.2) is 12.4 Å². The molecule has 1 aliphatic rings. The minimum atomic E-state index is 0. The molecule has 18 heavy (non-hydrogen) atoms. The number of ether oxygens (including phenoxy) is 1. The molecular weight excluding hydrogens is 250 g/mol. The summed E-state index contributed by atoms with van der Waals surface area (Å²) in [5.41, 5.74) is 5.91. The molecule has 0 amide bonds. The molecule has 1 heterocycles. The number of hydrogen-bond donors (Lipinski definition) is 1. The van der Waals surface area contributed by atoms with Gasteiger partial charge < -0.3 is 10.5 Å². The average Bonchev–Trinajstić information content (AvgIpc) is 2.68. The first-order chi connectivity index (χ1) is 8.13. The largest absolute Gasteiger partial charge is 0.488 e. The van der Waals surface area contributed by atoms with Gasteiger partial charge in [-0.05, 0) is 45.4 Å². The van der Waals surface area contributed by atoms with Crippen molar-refractivity contribution >= 4 is 12.4 Å². The molecule has 0 unspecified atom stereocenters. The fourth-order valence-corrected chi connectivity index (χ4v) is 2.41. The van der Waals surface area contributed by atoms with Crippen molar-refractivity contribution in [3.63, 3.8) is 0 Å². The van der Waals surface area contributed by atoms with Gasteiger partial charge in [0.25, 0.3) is 0 Å². The second-order valence-electron chi connectivity index (χ2n) is 5.35. The van der Waals surface area contributed by atoms with Crippen LogP contribution in [-0.4, -0.2) is 21.9 Å². The third kappa shape index (κ3) is 4.50. The summed E-state index contributed by atoms with van der Waals surface area (Å²) in [7, 11) is 0. The van der Waals surface area contributed by atoms with E-state index in [2.05, 4.69) is 5.10 Å². The van der Waals surface area contributed by atoms with E-state index in [1.807, 2.05) is 24.7 Å². The van der Waals surface area contributed by atoms with Crippen LogP contribution in [0.3, 0.4) is 0 Å². The van der Waals surface area contributed by atoms with Gasteiger partial charge in [-0.2, -0.15) is 5.10 Å². The van der Waals surface area contributed by atoms with Gasteiger partial charge in [-0.3, -0.25) is 4.68 Å². The molecule has 1 fully saturated rings. The van der Waals surface area contributed by atoms with Crippen LogP contribution in [0.5, 0.6) is 5.75 Å². The second-order valence-corrected chi connectivity index (χ2v) is 5.35. The zero-order valence-corrected chi connectivity index (χ0v) is 12.0. The first-order valence-corrected chi connectivity index (χ1v) is 6.58. The van der Waals surface area contributed by atoms with E-state index in [0.717, 1.165) is 31.1 Å². The van der Waals surface area contributed by atoms with Gasteiger partial charge in [0.1, 0.15) is 0 Å². The average molecular weight is 274 g/mol. The highest BCUT2D eigenvalue weighted by Gasteiger charge is 2.19. The fourth-order valence-electron chi connectivity index (χ4n) is 2.41. The lowest BCUT2D eigenvalue weighted by Gasteiger charge is -2.25. The van der Waals surface area contributed by atoms with Gasteiger partial charge in [0.15, 0.2) is 5.75 Å². The highest BCUT2D eigenvalue weighted by atomic mass is 35.5. The predicted molar refractivity (Wildman–Crippen MR) is 75.2 cm³/mol. The Hall–Kier alpha value is -0.740. The molecule has 104 valence electrons. The van der Waals surface area contributed by atoms with Gasteiger partial charge in [0.2, 0.25) is 0 Å². The maximum absolute atomic E-state index is 5.91. The van der Waals surface area contributed by atoms with Gasteiger partial charge in [-0.25, -0.2) is 0 Å². The zero-order chi connectivity index (χ0) is 12.3. The molecule has 0 atom stereocenters. The molecule has 0 saturated heterocycles. The molecule has 0 aromatic carbocycles. The van der Waals surface area contributed by atoms with Gasteiger partial charge in [0, 0.05) is 12.6 Å². The van der Waals surface area contributed by atoms with Crippen LogP contribution in [0.1, 0.15) is 39.5 Å². The van der Waals surface area contributed by atoms with Crippen molar-refractivity contribution in [2.45, 2.75) is 58.2 Å². The molecule has 0 aliphatic heterocycles. The van der Waals surface area contributed by atoms with E-state index in [9.17, 15) is 0 Å². The fraction of sp³-hybridized carbons (Fsp3) is 0.769. The van der Waals surface area contributed by atoms with Gasteiger partial charge in [0.05, 0.1) is 18.5 Å². The van der Waals surface area contributed by atoms with Crippen molar-refractivity contribution in [2.75, 3.05) is 0 Å². The topological polar surface area (TPSA) is 53.1 Å². The molecule has 1 saturated carbocycles. The Morgan fingerprint density at radius 2 is 2.06 bits per heavy atom. The standard InChI is InChI=1S/C13H23N3O.ClH/c1-10(2)17-13-7-15-16(9-13)8-11-3-5-12(14)6-4-11;/h7,9-12H,3-6,8,14H2,1-2H3;1H. The lowest BCUT2D eigenvalue weighted by molar-refractivity contribution is 0.241. The Balaban J connectivity index is 0.00000162. The highest BCUT2D eigenvalue weighted by Crippen LogP contribution is 2.25. The quantitative estimate of drug-likeness (QED) is 0.917. The lowest BCUT2D eigenvalue weighted by Crippen LogP contribution is -2.28. The molecule has 1 aromatic rings. The van der Waals surface area contributed by atoms with Crippen LogP contribution in [0.2, 0.25) is 0 Å². The van der Waals surface area contributed by atoms with E-state index in [1.165, 1.54) is 12.8 Å². The summed E-state index contributed by atoms with van der Waals surface area (Å²) in [5, 5.41) is 4.34. The molecule has 1 aromatic heterocycles. The Morgan fingerprint density at radius 1 is 1.39 bits per heavy atom. The van der Waals surface area contributed by atoms with Crippen molar-refractivity contribution in [2.24, 2.45) is 11.7 Å². The minimum absolute atomic E-state index is 0. The van der Waals surface area contributed by atoms with Crippen molar-refractivity contribution in [1.29, 1.82) is 0 Å². The summed E-state index contributed by atoms with van der Waals surface area (Å²) in [5.74, 6) is 1.59. The minimum Gasteiger partial charge on any atom is -0.488 e. The molecule has 2 N–H and O–H groups in total. The molecule has 4 nitrogen and oxygen atoms in total. The van der Waals surface area contributed by atoms with E-state index in [-0.39, 0.29) is 18.5 Å². The molecule has 0 bridgehead atoms. The summed E-state index contributed by atoms with van der Waals surface area (Å²) in [6.07, 6.45) is 8.76. The maximum atomic E-state index is 5.91. The van der Waals surface area contributed by atoms with E-state index in [0.29, 0.717) is 6.04 Å². The van der Waals surface area contributed by atoms with Crippen molar-refractivity contribution < 1.29 is 4.74 Å². The summed E-state index contributed by atoms with van der Waals surface area (Å²) in [4.78, 5) is 0. The number of nitrogens with zero attached hydrogens (tertiary/aromatic N) is 2. The molecular formula is C13H24ClN3O. The number of hydrogen-bond acceptors (Lipinski definition) is 3. The number of rotatable bonds is 4. The number of nitrogens with two attached hydrogens (primary N) is 1. The Labute approximate surface area is 115 Å². The van der Waals surface area contributed by atoms with E-state index in [1.54, 1.807) is 6.20 Å². The summed E-state index contributed by atoms with van der Waals surface area (Å²) in [6.45, 7) is 5.05. The third-order valence-electron chi connectivity index (χ3n) is 3.32. The lowest BCUT2D eigenvalue weighted by atomic mass is 9.86. The Morgan fingerprint density at radius 3 is 2.67 bits per heavy atom. The van der Waals surface area contributed by atoms with Crippen molar-refractivity contribution in [3.8, 4) is 5.75 Å². The highest BCUT2D eigenvalue weighted by molar-refractivity contribution is 5.85. The van der Waals surface area contributed by atoms with Gasteiger partial charge >= 0.3 is 0 Å². The van der Waals surface area contributed by atoms with E-state index in [4.69, 9.17) is 10.5 Å².